The van der Waals surface area contributed by atoms with Crippen LogP contribution >= 0.6 is 0 Å². The van der Waals surface area contributed by atoms with Crippen LogP contribution in [0.4, 0.5) is 0 Å². The molecule has 1 heterocycles. The smallest absolute Gasteiger partial charge is 0.310 e. The van der Waals surface area contributed by atoms with Gasteiger partial charge in [-0.1, -0.05) is 13.3 Å². The summed E-state index contributed by atoms with van der Waals surface area (Å²) >= 11 is 0. The minimum Gasteiger partial charge on any atom is -0.481 e. The Morgan fingerprint density at radius 3 is 2.17 bits per heavy atom. The Morgan fingerprint density at radius 1 is 1.26 bits per heavy atom. The van der Waals surface area contributed by atoms with Gasteiger partial charge in [0.1, 0.15) is 0 Å². The van der Waals surface area contributed by atoms with Gasteiger partial charge in [0.2, 0.25) is 15.9 Å². The van der Waals surface area contributed by atoms with Crippen molar-refractivity contribution in [3.05, 3.63) is 0 Å². The van der Waals surface area contributed by atoms with Crippen LogP contribution in [0.2, 0.25) is 0 Å². The molecule has 0 aromatic carbocycles. The first-order valence-corrected chi connectivity index (χ1v) is 10.0. The molecule has 1 amide bonds. The van der Waals surface area contributed by atoms with Crippen LogP contribution in [0.5, 0.6) is 0 Å². The van der Waals surface area contributed by atoms with Crippen molar-refractivity contribution in [2.24, 2.45) is 5.41 Å². The Bertz CT molecular complexity index is 562. The largest absolute Gasteiger partial charge is 0.481 e. The van der Waals surface area contributed by atoms with Crippen molar-refractivity contribution < 1.29 is 23.1 Å². The van der Waals surface area contributed by atoms with E-state index in [1.54, 1.807) is 4.90 Å². The molecule has 0 unspecified atom stereocenters. The summed E-state index contributed by atoms with van der Waals surface area (Å²) in [7, 11) is -3.24. The summed E-state index contributed by atoms with van der Waals surface area (Å²) in [5.41, 5.74) is -0.865. The van der Waals surface area contributed by atoms with Gasteiger partial charge in [-0.25, -0.2) is 8.42 Å². The summed E-state index contributed by atoms with van der Waals surface area (Å²) in [4.78, 5) is 25.4. The lowest BCUT2D eigenvalue weighted by Gasteiger charge is -2.41. The van der Waals surface area contributed by atoms with Crippen molar-refractivity contribution in [3.63, 3.8) is 0 Å². The van der Waals surface area contributed by atoms with Crippen LogP contribution in [0.25, 0.3) is 0 Å². The molecule has 2 fully saturated rings. The maximum absolute atomic E-state index is 12.4. The Morgan fingerprint density at radius 2 is 1.83 bits per heavy atom. The zero-order valence-electron chi connectivity index (χ0n) is 13.8. The lowest BCUT2D eigenvalue weighted by atomic mass is 9.66. The van der Waals surface area contributed by atoms with E-state index in [4.69, 9.17) is 0 Å². The maximum atomic E-state index is 12.4. The number of likely N-dealkylation sites (tertiary alicyclic amines) is 1. The Kier molecular flexibility index (Phi) is 5.35. The van der Waals surface area contributed by atoms with Gasteiger partial charge in [-0.05, 0) is 25.7 Å². The number of nitrogens with zero attached hydrogens (tertiary/aromatic N) is 2. The van der Waals surface area contributed by atoms with Gasteiger partial charge in [0.05, 0.1) is 11.7 Å². The molecule has 0 radical (unpaired) electrons. The standard InChI is InChI=1S/C15H26N2O5S/c1-3-17(23(2,21)22)12-5-9-16(10-6-12)13(18)11-15(14(19)20)7-4-8-15/h12H,3-11H2,1-2H3,(H,19,20). The van der Waals surface area contributed by atoms with Crippen molar-refractivity contribution in [3.8, 4) is 0 Å². The minimum atomic E-state index is -3.24. The van der Waals surface area contributed by atoms with Gasteiger partial charge in [0.25, 0.3) is 0 Å². The van der Waals surface area contributed by atoms with Gasteiger partial charge in [-0.2, -0.15) is 4.31 Å². The number of hydrogen-bond donors (Lipinski definition) is 1. The second-order valence-electron chi connectivity index (χ2n) is 6.69. The van der Waals surface area contributed by atoms with Crippen LogP contribution < -0.4 is 0 Å². The van der Waals surface area contributed by atoms with Gasteiger partial charge in [0.15, 0.2) is 0 Å². The fourth-order valence-corrected chi connectivity index (χ4v) is 4.86. The summed E-state index contributed by atoms with van der Waals surface area (Å²) < 4.78 is 25.0. The highest BCUT2D eigenvalue weighted by Crippen LogP contribution is 2.44. The van der Waals surface area contributed by atoms with E-state index in [1.807, 2.05) is 6.92 Å². The second-order valence-corrected chi connectivity index (χ2v) is 8.63. The van der Waals surface area contributed by atoms with E-state index in [2.05, 4.69) is 0 Å². The highest BCUT2D eigenvalue weighted by atomic mass is 32.2. The Labute approximate surface area is 137 Å². The van der Waals surface area contributed by atoms with E-state index in [9.17, 15) is 23.1 Å². The summed E-state index contributed by atoms with van der Waals surface area (Å²) in [6.45, 7) is 3.22. The van der Waals surface area contributed by atoms with Crippen LogP contribution in [0.15, 0.2) is 0 Å². The summed E-state index contributed by atoms with van der Waals surface area (Å²) in [5.74, 6) is -0.992. The van der Waals surface area contributed by atoms with Gasteiger partial charge in [0, 0.05) is 32.1 Å². The van der Waals surface area contributed by atoms with E-state index in [0.717, 1.165) is 6.42 Å². The highest BCUT2D eigenvalue weighted by molar-refractivity contribution is 7.88. The molecule has 2 rings (SSSR count). The van der Waals surface area contributed by atoms with E-state index < -0.39 is 21.4 Å². The molecule has 2 aliphatic rings. The number of carbonyl (C=O) groups excluding carboxylic acids is 1. The van der Waals surface area contributed by atoms with Crippen molar-refractivity contribution >= 4 is 21.9 Å². The molecule has 0 atom stereocenters. The Balaban J connectivity index is 1.91. The second kappa shape index (κ2) is 6.76. The third-order valence-corrected chi connectivity index (χ3v) is 6.62. The average Bonchev–Trinajstić information content (AvgIpc) is 2.42. The fourth-order valence-electron chi connectivity index (χ4n) is 3.64. The lowest BCUT2D eigenvalue weighted by Crippen LogP contribution is -2.50. The van der Waals surface area contributed by atoms with Gasteiger partial charge in [-0.15, -0.1) is 0 Å². The van der Waals surface area contributed by atoms with Crippen molar-refractivity contribution in [1.82, 2.24) is 9.21 Å². The number of rotatable bonds is 6. The van der Waals surface area contributed by atoms with Crippen LogP contribution in [0.3, 0.4) is 0 Å². The Hall–Kier alpha value is -1.15. The number of aliphatic carboxylic acids is 1. The molecule has 132 valence electrons. The zero-order valence-corrected chi connectivity index (χ0v) is 14.6. The molecule has 0 spiro atoms. The molecule has 0 aromatic heterocycles. The predicted octanol–water partition coefficient (Wildman–Crippen LogP) is 0.904. The van der Waals surface area contributed by atoms with Crippen LogP contribution in [0.1, 0.15) is 45.4 Å². The summed E-state index contributed by atoms with van der Waals surface area (Å²) in [6.07, 6.45) is 4.49. The van der Waals surface area contributed by atoms with Crippen LogP contribution in [-0.4, -0.2) is 66.5 Å². The van der Waals surface area contributed by atoms with E-state index in [-0.39, 0.29) is 18.4 Å². The number of carboxylic acid groups (broad SMARTS) is 1. The highest BCUT2D eigenvalue weighted by Gasteiger charge is 2.46. The molecule has 0 bridgehead atoms. The molecular formula is C15H26N2O5S. The van der Waals surface area contributed by atoms with E-state index in [1.165, 1.54) is 10.6 Å². The quantitative estimate of drug-likeness (QED) is 0.771. The monoisotopic (exact) mass is 346 g/mol. The molecule has 8 heteroatoms. The normalized spacial score (nSPS) is 22.0. The van der Waals surface area contributed by atoms with Gasteiger partial charge >= 0.3 is 5.97 Å². The number of amides is 1. The third kappa shape index (κ3) is 3.85. The molecule has 0 aromatic rings. The summed E-state index contributed by atoms with van der Waals surface area (Å²) in [6, 6.07) is -0.0730. The van der Waals surface area contributed by atoms with Crippen molar-refractivity contribution in [1.29, 1.82) is 0 Å². The van der Waals surface area contributed by atoms with Crippen molar-refractivity contribution in [2.75, 3.05) is 25.9 Å². The number of carboxylic acids is 1. The number of sulfonamides is 1. The van der Waals surface area contributed by atoms with Crippen molar-refractivity contribution in [2.45, 2.75) is 51.5 Å². The molecule has 1 aliphatic carbocycles. The first kappa shape index (κ1) is 18.2. The van der Waals surface area contributed by atoms with E-state index in [0.29, 0.717) is 45.3 Å². The third-order valence-electron chi connectivity index (χ3n) is 5.22. The van der Waals surface area contributed by atoms with Crippen LogP contribution in [0, 0.1) is 5.41 Å². The minimum absolute atomic E-state index is 0.0660. The first-order chi connectivity index (χ1) is 10.7. The average molecular weight is 346 g/mol. The topological polar surface area (TPSA) is 95.0 Å². The molecular weight excluding hydrogens is 320 g/mol. The maximum Gasteiger partial charge on any atom is 0.310 e. The van der Waals surface area contributed by atoms with Gasteiger partial charge in [-0.3, -0.25) is 9.59 Å². The first-order valence-electron chi connectivity index (χ1n) is 8.17. The number of piperidine rings is 1. The molecule has 1 saturated carbocycles. The predicted molar refractivity (Wildman–Crippen MR) is 85.4 cm³/mol. The fraction of sp³-hybridized carbons (Fsp3) is 0.867. The van der Waals surface area contributed by atoms with Crippen LogP contribution in [-0.2, 0) is 19.6 Å². The van der Waals surface area contributed by atoms with E-state index >= 15 is 0 Å². The summed E-state index contributed by atoms with van der Waals surface area (Å²) in [5, 5.41) is 9.32. The molecule has 23 heavy (non-hydrogen) atoms. The van der Waals surface area contributed by atoms with Gasteiger partial charge < -0.3 is 10.0 Å². The SMILES string of the molecule is CCN(C1CCN(C(=O)CC2(C(=O)O)CCC2)CC1)S(C)(=O)=O. The zero-order chi connectivity index (χ0) is 17.3. The molecule has 1 N–H and O–H groups in total. The molecule has 1 saturated heterocycles. The molecule has 1 aliphatic heterocycles. The number of carbonyl (C=O) groups is 2. The lowest BCUT2D eigenvalue weighted by molar-refractivity contribution is -0.159. The number of hydrogen-bond acceptors (Lipinski definition) is 4. The molecule has 7 nitrogen and oxygen atoms in total.